The maximum atomic E-state index is 10.6. The number of benzene rings is 1. The second-order valence-electron chi connectivity index (χ2n) is 5.31. The van der Waals surface area contributed by atoms with Gasteiger partial charge in [0.2, 0.25) is 0 Å². The SMILES string of the molecule is C=CCc1ncc(CCO)n1CC(=O)O.c1ccc2ncccc2c1. The molecule has 0 atom stereocenters. The van der Waals surface area contributed by atoms with Gasteiger partial charge in [-0.05, 0) is 12.1 Å². The van der Waals surface area contributed by atoms with E-state index in [-0.39, 0.29) is 13.2 Å². The van der Waals surface area contributed by atoms with Crippen molar-refractivity contribution in [2.75, 3.05) is 6.61 Å². The average Bonchev–Trinajstić information content (AvgIpc) is 2.98. The summed E-state index contributed by atoms with van der Waals surface area (Å²) in [5, 5.41) is 18.7. The van der Waals surface area contributed by atoms with E-state index in [2.05, 4.69) is 28.7 Å². The number of nitrogens with zero attached hydrogens (tertiary/aromatic N) is 3. The number of aromatic nitrogens is 3. The van der Waals surface area contributed by atoms with Crippen LogP contribution in [-0.4, -0.2) is 37.3 Å². The van der Waals surface area contributed by atoms with Gasteiger partial charge in [-0.3, -0.25) is 9.78 Å². The molecule has 0 aliphatic heterocycles. The molecule has 2 aromatic heterocycles. The third kappa shape index (κ3) is 5.26. The van der Waals surface area contributed by atoms with Crippen LogP contribution in [0.4, 0.5) is 0 Å². The topological polar surface area (TPSA) is 88.2 Å². The number of pyridine rings is 1. The molecule has 0 saturated heterocycles. The molecule has 0 fully saturated rings. The summed E-state index contributed by atoms with van der Waals surface area (Å²) < 4.78 is 1.60. The number of carboxylic acids is 1. The molecule has 2 N–H and O–H groups in total. The summed E-state index contributed by atoms with van der Waals surface area (Å²) in [6, 6.07) is 12.1. The van der Waals surface area contributed by atoms with E-state index in [9.17, 15) is 4.79 Å². The van der Waals surface area contributed by atoms with Crippen molar-refractivity contribution < 1.29 is 15.0 Å². The lowest BCUT2D eigenvalue weighted by atomic mass is 10.2. The molecule has 0 amide bonds. The van der Waals surface area contributed by atoms with Crippen LogP contribution in [0.25, 0.3) is 10.9 Å². The van der Waals surface area contributed by atoms with E-state index in [4.69, 9.17) is 10.2 Å². The Labute approximate surface area is 146 Å². The van der Waals surface area contributed by atoms with E-state index in [0.717, 1.165) is 11.2 Å². The van der Waals surface area contributed by atoms with Crippen molar-refractivity contribution in [2.45, 2.75) is 19.4 Å². The van der Waals surface area contributed by atoms with E-state index >= 15 is 0 Å². The molecule has 1 aromatic carbocycles. The van der Waals surface area contributed by atoms with Gasteiger partial charge in [0.05, 0.1) is 5.52 Å². The highest BCUT2D eigenvalue weighted by molar-refractivity contribution is 5.77. The minimum atomic E-state index is -0.919. The molecule has 3 rings (SSSR count). The minimum Gasteiger partial charge on any atom is -0.480 e. The highest BCUT2D eigenvalue weighted by Gasteiger charge is 2.11. The van der Waals surface area contributed by atoms with Gasteiger partial charge < -0.3 is 14.8 Å². The Morgan fingerprint density at radius 2 is 1.96 bits per heavy atom. The van der Waals surface area contributed by atoms with Crippen LogP contribution < -0.4 is 0 Å². The van der Waals surface area contributed by atoms with E-state index in [1.54, 1.807) is 16.8 Å². The fourth-order valence-electron chi connectivity index (χ4n) is 2.40. The number of aliphatic hydroxyl groups is 1. The number of rotatable bonds is 6. The molecule has 6 heteroatoms. The van der Waals surface area contributed by atoms with Crippen LogP contribution in [-0.2, 0) is 24.2 Å². The molecule has 0 unspecified atom stereocenters. The number of imidazole rings is 1. The predicted molar refractivity (Wildman–Crippen MR) is 96.3 cm³/mol. The fourth-order valence-corrected chi connectivity index (χ4v) is 2.40. The van der Waals surface area contributed by atoms with Gasteiger partial charge in [0.1, 0.15) is 12.4 Å². The van der Waals surface area contributed by atoms with Gasteiger partial charge in [0.15, 0.2) is 0 Å². The zero-order valence-electron chi connectivity index (χ0n) is 13.9. The summed E-state index contributed by atoms with van der Waals surface area (Å²) in [7, 11) is 0. The van der Waals surface area contributed by atoms with Crippen molar-refractivity contribution in [1.29, 1.82) is 0 Å². The number of carbonyl (C=O) groups is 1. The summed E-state index contributed by atoms with van der Waals surface area (Å²) in [6.45, 7) is 3.44. The summed E-state index contributed by atoms with van der Waals surface area (Å²) in [5.41, 5.74) is 1.79. The molecule has 0 aliphatic carbocycles. The number of para-hydroxylation sites is 1. The average molecular weight is 339 g/mol. The van der Waals surface area contributed by atoms with Gasteiger partial charge >= 0.3 is 5.97 Å². The maximum Gasteiger partial charge on any atom is 0.323 e. The molecule has 0 bridgehead atoms. The van der Waals surface area contributed by atoms with Crippen molar-refractivity contribution in [1.82, 2.24) is 14.5 Å². The number of aliphatic carboxylic acids is 1. The van der Waals surface area contributed by atoms with Crippen LogP contribution in [0.3, 0.4) is 0 Å². The van der Waals surface area contributed by atoms with Gasteiger partial charge in [0.25, 0.3) is 0 Å². The summed E-state index contributed by atoms with van der Waals surface area (Å²) in [4.78, 5) is 18.9. The van der Waals surface area contributed by atoms with E-state index in [1.807, 2.05) is 30.5 Å². The van der Waals surface area contributed by atoms with Crippen LogP contribution in [0.15, 0.2) is 61.4 Å². The summed E-state index contributed by atoms with van der Waals surface area (Å²) in [6.07, 6.45) is 6.01. The van der Waals surface area contributed by atoms with Crippen molar-refractivity contribution in [3.8, 4) is 0 Å². The van der Waals surface area contributed by atoms with Crippen molar-refractivity contribution in [3.63, 3.8) is 0 Å². The quantitative estimate of drug-likeness (QED) is 0.674. The number of fused-ring (bicyclic) bond motifs is 1. The van der Waals surface area contributed by atoms with Crippen molar-refractivity contribution in [3.05, 3.63) is 73.0 Å². The zero-order valence-corrected chi connectivity index (χ0v) is 13.9. The first-order valence-electron chi connectivity index (χ1n) is 7.92. The van der Waals surface area contributed by atoms with Crippen LogP contribution >= 0.6 is 0 Å². The lowest BCUT2D eigenvalue weighted by molar-refractivity contribution is -0.137. The first kappa shape index (κ1) is 18.4. The Morgan fingerprint density at radius 3 is 2.64 bits per heavy atom. The molecular formula is C19H21N3O3. The molecule has 130 valence electrons. The van der Waals surface area contributed by atoms with Crippen molar-refractivity contribution >= 4 is 16.9 Å². The molecule has 6 nitrogen and oxygen atoms in total. The summed E-state index contributed by atoms with van der Waals surface area (Å²) in [5.74, 6) is -0.256. The van der Waals surface area contributed by atoms with E-state index in [0.29, 0.717) is 18.7 Å². The van der Waals surface area contributed by atoms with Gasteiger partial charge in [-0.25, -0.2) is 4.98 Å². The standard InChI is InChI=1S/C10H14N2O3.C9H7N/c1-2-3-9-11-6-8(4-5-13)12(9)7-10(14)15;1-2-6-9-8(4-1)5-3-7-10-9/h2,6,13H,1,3-5,7H2,(H,14,15);1-7H. The molecule has 25 heavy (non-hydrogen) atoms. The van der Waals surface area contributed by atoms with Gasteiger partial charge in [-0.1, -0.05) is 30.3 Å². The lowest BCUT2D eigenvalue weighted by Crippen LogP contribution is -2.15. The number of hydrogen-bond donors (Lipinski definition) is 2. The van der Waals surface area contributed by atoms with Crippen LogP contribution in [0, 0.1) is 0 Å². The van der Waals surface area contributed by atoms with Gasteiger partial charge in [0, 0.05) is 42.9 Å². The van der Waals surface area contributed by atoms with Crippen LogP contribution in [0.5, 0.6) is 0 Å². The molecular weight excluding hydrogens is 318 g/mol. The molecule has 0 aliphatic rings. The Balaban J connectivity index is 0.000000194. The third-order valence-corrected chi connectivity index (χ3v) is 3.52. The smallest absolute Gasteiger partial charge is 0.323 e. The Morgan fingerprint density at radius 1 is 1.20 bits per heavy atom. The lowest BCUT2D eigenvalue weighted by Gasteiger charge is -2.07. The number of carboxylic acid groups (broad SMARTS) is 1. The Bertz CT molecular complexity index is 777. The van der Waals surface area contributed by atoms with E-state index < -0.39 is 5.97 Å². The second-order valence-corrected chi connectivity index (χ2v) is 5.31. The molecule has 0 spiro atoms. The normalized spacial score (nSPS) is 10.1. The summed E-state index contributed by atoms with van der Waals surface area (Å²) >= 11 is 0. The number of aliphatic hydroxyl groups excluding tert-OH is 1. The van der Waals surface area contributed by atoms with Gasteiger partial charge in [-0.2, -0.15) is 0 Å². The first-order valence-corrected chi connectivity index (χ1v) is 7.92. The predicted octanol–water partition coefficient (Wildman–Crippen LogP) is 2.47. The first-order chi connectivity index (χ1) is 12.2. The maximum absolute atomic E-state index is 10.6. The molecule has 3 aromatic rings. The van der Waals surface area contributed by atoms with Crippen LogP contribution in [0.1, 0.15) is 11.5 Å². The highest BCUT2D eigenvalue weighted by Crippen LogP contribution is 2.08. The Kier molecular flexibility index (Phi) is 6.86. The zero-order chi connectivity index (χ0) is 18.1. The highest BCUT2D eigenvalue weighted by atomic mass is 16.4. The molecule has 2 heterocycles. The van der Waals surface area contributed by atoms with Gasteiger partial charge in [-0.15, -0.1) is 6.58 Å². The molecule has 0 radical (unpaired) electrons. The third-order valence-electron chi connectivity index (χ3n) is 3.52. The monoisotopic (exact) mass is 339 g/mol. The Hall–Kier alpha value is -2.99. The molecule has 0 saturated carbocycles. The van der Waals surface area contributed by atoms with Crippen molar-refractivity contribution in [2.24, 2.45) is 0 Å². The largest absolute Gasteiger partial charge is 0.480 e. The minimum absolute atomic E-state index is 0.0150. The van der Waals surface area contributed by atoms with E-state index in [1.165, 1.54) is 5.39 Å². The second kappa shape index (κ2) is 9.34. The number of hydrogen-bond acceptors (Lipinski definition) is 4. The fraction of sp³-hybridized carbons (Fsp3) is 0.211. The van der Waals surface area contributed by atoms with Crippen LogP contribution in [0.2, 0.25) is 0 Å². The number of allylic oxidation sites excluding steroid dienone is 1.